The molecule has 0 unspecified atom stereocenters. The summed E-state index contributed by atoms with van der Waals surface area (Å²) in [5, 5.41) is 8.50. The number of Topliss-reactive ketones (excluding diaryl/α,β-unsaturated/α-hetero) is 1. The molecule has 14 heavy (non-hydrogen) atoms. The van der Waals surface area contributed by atoms with Crippen LogP contribution in [-0.4, -0.2) is 16.9 Å². The third-order valence-electron chi connectivity index (χ3n) is 1.67. The van der Waals surface area contributed by atoms with Crippen molar-refractivity contribution in [1.29, 1.82) is 0 Å². The van der Waals surface area contributed by atoms with E-state index in [-0.39, 0.29) is 12.2 Å². The van der Waals surface area contributed by atoms with Crippen LogP contribution in [0, 0.1) is 0 Å². The maximum Gasteiger partial charge on any atom is 0.303 e. The van der Waals surface area contributed by atoms with Crippen LogP contribution in [-0.2, 0) is 11.2 Å². The molecule has 0 radical (unpaired) electrons. The monoisotopic (exact) mass is 276 g/mol. The number of aryl methyl sites for hydroxylation is 1. The molecule has 3 nitrogen and oxygen atoms in total. The Morgan fingerprint density at radius 2 is 2.21 bits per heavy atom. The summed E-state index contributed by atoms with van der Waals surface area (Å²) in [6, 6.07) is 1.74. The van der Waals surface area contributed by atoms with Crippen LogP contribution in [0.2, 0.25) is 0 Å². The van der Waals surface area contributed by atoms with Crippen molar-refractivity contribution in [2.75, 3.05) is 0 Å². The Kier molecular flexibility index (Phi) is 3.83. The van der Waals surface area contributed by atoms with E-state index in [1.807, 2.05) is 0 Å². The highest BCUT2D eigenvalue weighted by Gasteiger charge is 2.10. The van der Waals surface area contributed by atoms with Crippen LogP contribution in [0.3, 0.4) is 0 Å². The zero-order valence-electron chi connectivity index (χ0n) is 7.54. The first-order valence-electron chi connectivity index (χ1n) is 4.01. The van der Waals surface area contributed by atoms with Crippen molar-refractivity contribution in [3.8, 4) is 0 Å². The second-order valence-electron chi connectivity index (χ2n) is 2.83. The van der Waals surface area contributed by atoms with Gasteiger partial charge in [0.05, 0.1) is 11.3 Å². The van der Waals surface area contributed by atoms with Crippen LogP contribution < -0.4 is 0 Å². The molecule has 0 amide bonds. The molecule has 1 rings (SSSR count). The standard InChI is InChI=1S/C9H9BrO3S/c1-5(11)8-4-6(10)7(14-8)2-3-9(12)13/h4H,2-3H2,1H3,(H,12,13). The van der Waals surface area contributed by atoms with Gasteiger partial charge in [-0.1, -0.05) is 0 Å². The molecule has 1 aromatic rings. The fourth-order valence-electron chi connectivity index (χ4n) is 0.971. The number of halogens is 1. The Morgan fingerprint density at radius 1 is 1.57 bits per heavy atom. The molecule has 0 aliphatic rings. The summed E-state index contributed by atoms with van der Waals surface area (Å²) in [6.07, 6.45) is 0.560. The summed E-state index contributed by atoms with van der Waals surface area (Å²) in [5.41, 5.74) is 0. The first-order valence-corrected chi connectivity index (χ1v) is 5.62. The third kappa shape index (κ3) is 2.92. The maximum atomic E-state index is 11.0. The lowest BCUT2D eigenvalue weighted by Gasteiger charge is -1.93. The van der Waals surface area contributed by atoms with E-state index in [1.165, 1.54) is 18.3 Å². The van der Waals surface area contributed by atoms with E-state index >= 15 is 0 Å². The normalized spacial score (nSPS) is 10.1. The Hall–Kier alpha value is -0.680. The fourth-order valence-corrected chi connectivity index (χ4v) is 2.74. The summed E-state index contributed by atoms with van der Waals surface area (Å²) in [4.78, 5) is 22.9. The van der Waals surface area contributed by atoms with Gasteiger partial charge in [0.1, 0.15) is 0 Å². The fraction of sp³-hybridized carbons (Fsp3) is 0.333. The van der Waals surface area contributed by atoms with Crippen LogP contribution >= 0.6 is 27.3 Å². The number of hydrogen-bond donors (Lipinski definition) is 1. The molecule has 0 aromatic carbocycles. The van der Waals surface area contributed by atoms with Crippen molar-refractivity contribution in [2.45, 2.75) is 19.8 Å². The van der Waals surface area contributed by atoms with Crippen LogP contribution in [0.4, 0.5) is 0 Å². The summed E-state index contributed by atoms with van der Waals surface area (Å²) < 4.78 is 0.828. The number of thiophene rings is 1. The van der Waals surface area contributed by atoms with Crippen LogP contribution in [0.25, 0.3) is 0 Å². The first-order chi connectivity index (χ1) is 6.50. The number of carboxylic acid groups (broad SMARTS) is 1. The van der Waals surface area contributed by atoms with E-state index in [1.54, 1.807) is 6.07 Å². The molecule has 1 N–H and O–H groups in total. The van der Waals surface area contributed by atoms with E-state index in [9.17, 15) is 9.59 Å². The second-order valence-corrected chi connectivity index (χ2v) is 4.82. The zero-order chi connectivity index (χ0) is 10.7. The van der Waals surface area contributed by atoms with E-state index in [2.05, 4.69) is 15.9 Å². The summed E-state index contributed by atoms with van der Waals surface area (Å²) in [7, 11) is 0. The predicted octanol–water partition coefficient (Wildman–Crippen LogP) is 2.73. The Morgan fingerprint density at radius 3 is 2.64 bits per heavy atom. The van der Waals surface area contributed by atoms with Gasteiger partial charge in [0.25, 0.3) is 0 Å². The van der Waals surface area contributed by atoms with Gasteiger partial charge in [-0.2, -0.15) is 0 Å². The minimum Gasteiger partial charge on any atom is -0.481 e. The number of carboxylic acids is 1. The van der Waals surface area contributed by atoms with Crippen molar-refractivity contribution in [2.24, 2.45) is 0 Å². The van der Waals surface area contributed by atoms with Crippen LogP contribution in [0.1, 0.15) is 27.9 Å². The minimum atomic E-state index is -0.824. The Labute approximate surface area is 93.9 Å². The maximum absolute atomic E-state index is 11.0. The zero-order valence-corrected chi connectivity index (χ0v) is 9.94. The van der Waals surface area contributed by atoms with Crippen molar-refractivity contribution in [1.82, 2.24) is 0 Å². The second kappa shape index (κ2) is 4.70. The van der Waals surface area contributed by atoms with Gasteiger partial charge in [-0.15, -0.1) is 11.3 Å². The van der Waals surface area contributed by atoms with Gasteiger partial charge < -0.3 is 5.11 Å². The molecular weight excluding hydrogens is 268 g/mol. The highest BCUT2D eigenvalue weighted by atomic mass is 79.9. The quantitative estimate of drug-likeness (QED) is 0.861. The molecular formula is C9H9BrO3S. The molecule has 0 saturated carbocycles. The molecule has 0 fully saturated rings. The van der Waals surface area contributed by atoms with Gasteiger partial charge in [-0.05, 0) is 35.3 Å². The van der Waals surface area contributed by atoms with Crippen molar-refractivity contribution < 1.29 is 14.7 Å². The summed E-state index contributed by atoms with van der Waals surface area (Å²) >= 11 is 4.65. The molecule has 0 atom stereocenters. The summed E-state index contributed by atoms with van der Waals surface area (Å²) in [6.45, 7) is 1.50. The van der Waals surface area contributed by atoms with Gasteiger partial charge in [0.15, 0.2) is 5.78 Å². The molecule has 1 aromatic heterocycles. The van der Waals surface area contributed by atoms with Crippen molar-refractivity contribution in [3.05, 3.63) is 20.3 Å². The molecule has 5 heteroatoms. The number of carbonyl (C=O) groups is 2. The summed E-state index contributed by atoms with van der Waals surface area (Å²) in [5.74, 6) is -0.813. The molecule has 1 heterocycles. The van der Waals surface area contributed by atoms with E-state index in [0.29, 0.717) is 11.3 Å². The average molecular weight is 277 g/mol. The van der Waals surface area contributed by atoms with Gasteiger partial charge in [-0.25, -0.2) is 0 Å². The smallest absolute Gasteiger partial charge is 0.303 e. The molecule has 0 spiro atoms. The third-order valence-corrected chi connectivity index (χ3v) is 3.94. The lowest BCUT2D eigenvalue weighted by Crippen LogP contribution is -1.96. The molecule has 0 saturated heterocycles. The van der Waals surface area contributed by atoms with E-state index < -0.39 is 5.97 Å². The lowest BCUT2D eigenvalue weighted by molar-refractivity contribution is -0.136. The molecule has 0 aliphatic carbocycles. The van der Waals surface area contributed by atoms with Crippen LogP contribution in [0.5, 0.6) is 0 Å². The number of rotatable bonds is 4. The number of carbonyl (C=O) groups excluding carboxylic acids is 1. The van der Waals surface area contributed by atoms with Crippen LogP contribution in [0.15, 0.2) is 10.5 Å². The van der Waals surface area contributed by atoms with Crippen molar-refractivity contribution in [3.63, 3.8) is 0 Å². The Balaban J connectivity index is 2.77. The first kappa shape index (κ1) is 11.4. The van der Waals surface area contributed by atoms with E-state index in [4.69, 9.17) is 5.11 Å². The van der Waals surface area contributed by atoms with Gasteiger partial charge in [-0.3, -0.25) is 9.59 Å². The minimum absolute atomic E-state index is 0.0114. The van der Waals surface area contributed by atoms with E-state index in [0.717, 1.165) is 9.35 Å². The van der Waals surface area contributed by atoms with Crippen molar-refractivity contribution >= 4 is 39.0 Å². The van der Waals surface area contributed by atoms with Gasteiger partial charge in [0, 0.05) is 9.35 Å². The molecule has 0 bridgehead atoms. The van der Waals surface area contributed by atoms with Gasteiger partial charge in [0.2, 0.25) is 0 Å². The molecule has 76 valence electrons. The Bertz CT molecular complexity index is 370. The largest absolute Gasteiger partial charge is 0.481 e. The number of aliphatic carboxylic acids is 1. The lowest BCUT2D eigenvalue weighted by atomic mass is 10.2. The average Bonchev–Trinajstić information content (AvgIpc) is 2.43. The number of hydrogen-bond acceptors (Lipinski definition) is 3. The predicted molar refractivity (Wildman–Crippen MR) is 58.0 cm³/mol. The highest BCUT2D eigenvalue weighted by molar-refractivity contribution is 9.10. The topological polar surface area (TPSA) is 54.4 Å². The molecule has 0 aliphatic heterocycles. The SMILES string of the molecule is CC(=O)c1cc(Br)c(CCC(=O)O)s1. The van der Waals surface area contributed by atoms with Gasteiger partial charge >= 0.3 is 5.97 Å². The number of ketones is 1. The highest BCUT2D eigenvalue weighted by Crippen LogP contribution is 2.28.